The van der Waals surface area contributed by atoms with Crippen LogP contribution in [0.3, 0.4) is 0 Å². The molecule has 146 valence electrons. The van der Waals surface area contributed by atoms with Gasteiger partial charge in [0.2, 0.25) is 0 Å². The SMILES string of the molecule is COCc1ccccc1CNC(=O)c1csc(-c2ccc(OC(C)C)cc2)n1. The maximum atomic E-state index is 12.5. The number of thiazole rings is 1. The van der Waals surface area contributed by atoms with Crippen LogP contribution in [0.5, 0.6) is 5.75 Å². The molecule has 0 bridgehead atoms. The number of hydrogen-bond donors (Lipinski definition) is 1. The highest BCUT2D eigenvalue weighted by Gasteiger charge is 2.13. The van der Waals surface area contributed by atoms with Crippen LogP contribution < -0.4 is 10.1 Å². The van der Waals surface area contributed by atoms with Crippen LogP contribution in [0.1, 0.15) is 35.5 Å². The van der Waals surface area contributed by atoms with Crippen molar-refractivity contribution < 1.29 is 14.3 Å². The third-order valence-corrected chi connectivity index (χ3v) is 4.96. The molecule has 6 heteroatoms. The molecule has 0 aliphatic heterocycles. The van der Waals surface area contributed by atoms with Gasteiger partial charge in [-0.1, -0.05) is 24.3 Å². The van der Waals surface area contributed by atoms with Crippen LogP contribution >= 0.6 is 11.3 Å². The molecular formula is C22H24N2O3S. The van der Waals surface area contributed by atoms with Gasteiger partial charge in [-0.2, -0.15) is 0 Å². The van der Waals surface area contributed by atoms with Gasteiger partial charge in [-0.15, -0.1) is 11.3 Å². The summed E-state index contributed by atoms with van der Waals surface area (Å²) in [5.74, 6) is 0.637. The number of rotatable bonds is 8. The number of carbonyl (C=O) groups excluding carboxylic acids is 1. The summed E-state index contributed by atoms with van der Waals surface area (Å²) in [7, 11) is 1.66. The Kier molecular flexibility index (Phi) is 6.79. The Labute approximate surface area is 169 Å². The van der Waals surface area contributed by atoms with Crippen LogP contribution in [0, 0.1) is 0 Å². The molecule has 1 N–H and O–H groups in total. The van der Waals surface area contributed by atoms with E-state index in [1.165, 1.54) is 11.3 Å². The fourth-order valence-corrected chi connectivity index (χ4v) is 3.56. The second-order valence-corrected chi connectivity index (χ2v) is 7.47. The lowest BCUT2D eigenvalue weighted by atomic mass is 10.1. The molecule has 5 nitrogen and oxygen atoms in total. The molecule has 0 saturated heterocycles. The molecule has 3 aromatic rings. The standard InChI is InChI=1S/C22H24N2O3S/c1-15(2)27-19-10-8-16(9-11-19)22-24-20(14-28-22)21(25)23-12-17-6-4-5-7-18(17)13-26-3/h4-11,14-15H,12-13H2,1-3H3,(H,23,25). The average Bonchev–Trinajstić information content (AvgIpc) is 3.18. The van der Waals surface area contributed by atoms with Crippen molar-refractivity contribution in [2.45, 2.75) is 33.1 Å². The first kappa shape index (κ1) is 20.0. The van der Waals surface area contributed by atoms with E-state index in [0.717, 1.165) is 27.4 Å². The third-order valence-electron chi connectivity index (χ3n) is 4.07. The van der Waals surface area contributed by atoms with Crippen molar-refractivity contribution in [2.24, 2.45) is 0 Å². The molecule has 0 spiro atoms. The van der Waals surface area contributed by atoms with Gasteiger partial charge >= 0.3 is 0 Å². The van der Waals surface area contributed by atoms with Gasteiger partial charge in [0, 0.05) is 24.6 Å². The lowest BCUT2D eigenvalue weighted by molar-refractivity contribution is 0.0946. The Balaban J connectivity index is 1.64. The summed E-state index contributed by atoms with van der Waals surface area (Å²) in [6, 6.07) is 15.7. The number of nitrogens with zero attached hydrogens (tertiary/aromatic N) is 1. The van der Waals surface area contributed by atoms with E-state index in [1.807, 2.05) is 62.4 Å². The Morgan fingerprint density at radius 1 is 1.11 bits per heavy atom. The van der Waals surface area contributed by atoms with Gasteiger partial charge in [-0.05, 0) is 49.2 Å². The largest absolute Gasteiger partial charge is 0.491 e. The van der Waals surface area contributed by atoms with Crippen LogP contribution in [0.25, 0.3) is 10.6 Å². The number of amides is 1. The highest BCUT2D eigenvalue weighted by atomic mass is 32.1. The van der Waals surface area contributed by atoms with E-state index in [0.29, 0.717) is 18.8 Å². The highest BCUT2D eigenvalue weighted by Crippen LogP contribution is 2.26. The first-order valence-electron chi connectivity index (χ1n) is 9.13. The molecule has 1 aromatic heterocycles. The number of methoxy groups -OCH3 is 1. The van der Waals surface area contributed by atoms with E-state index >= 15 is 0 Å². The Morgan fingerprint density at radius 3 is 2.50 bits per heavy atom. The summed E-state index contributed by atoms with van der Waals surface area (Å²) in [4.78, 5) is 17.0. The van der Waals surface area contributed by atoms with Gasteiger partial charge in [-0.3, -0.25) is 4.79 Å². The molecule has 1 heterocycles. The monoisotopic (exact) mass is 396 g/mol. The molecule has 2 aromatic carbocycles. The molecule has 0 aliphatic carbocycles. The van der Waals surface area contributed by atoms with Gasteiger partial charge in [0.15, 0.2) is 0 Å². The van der Waals surface area contributed by atoms with Crippen molar-refractivity contribution in [3.05, 3.63) is 70.7 Å². The van der Waals surface area contributed by atoms with E-state index in [9.17, 15) is 4.79 Å². The van der Waals surface area contributed by atoms with E-state index < -0.39 is 0 Å². The van der Waals surface area contributed by atoms with Gasteiger partial charge in [0.05, 0.1) is 12.7 Å². The summed E-state index contributed by atoms with van der Waals surface area (Å²) in [5, 5.41) is 5.53. The van der Waals surface area contributed by atoms with Gasteiger partial charge in [0.25, 0.3) is 5.91 Å². The minimum Gasteiger partial charge on any atom is -0.491 e. The fraction of sp³-hybridized carbons (Fsp3) is 0.273. The zero-order chi connectivity index (χ0) is 19.9. The Hall–Kier alpha value is -2.70. The molecule has 0 aliphatic rings. The lowest BCUT2D eigenvalue weighted by Crippen LogP contribution is -2.23. The molecule has 3 rings (SSSR count). The highest BCUT2D eigenvalue weighted by molar-refractivity contribution is 7.13. The first-order chi connectivity index (χ1) is 13.6. The van der Waals surface area contributed by atoms with Gasteiger partial charge < -0.3 is 14.8 Å². The minimum atomic E-state index is -0.186. The number of hydrogen-bond acceptors (Lipinski definition) is 5. The summed E-state index contributed by atoms with van der Waals surface area (Å²) in [5.41, 5.74) is 3.49. The third kappa shape index (κ3) is 5.18. The van der Waals surface area contributed by atoms with Crippen molar-refractivity contribution in [1.29, 1.82) is 0 Å². The smallest absolute Gasteiger partial charge is 0.271 e. The van der Waals surface area contributed by atoms with Crippen molar-refractivity contribution >= 4 is 17.2 Å². The number of nitrogens with one attached hydrogen (secondary N) is 1. The van der Waals surface area contributed by atoms with E-state index in [-0.39, 0.29) is 12.0 Å². The van der Waals surface area contributed by atoms with Crippen molar-refractivity contribution in [3.63, 3.8) is 0 Å². The van der Waals surface area contributed by atoms with Crippen molar-refractivity contribution in [3.8, 4) is 16.3 Å². The molecule has 0 atom stereocenters. The van der Waals surface area contributed by atoms with Crippen LogP contribution in [-0.4, -0.2) is 24.1 Å². The lowest BCUT2D eigenvalue weighted by Gasteiger charge is -2.09. The molecule has 0 fully saturated rings. The zero-order valence-corrected chi connectivity index (χ0v) is 17.1. The second kappa shape index (κ2) is 9.48. The van der Waals surface area contributed by atoms with E-state index in [1.54, 1.807) is 12.5 Å². The van der Waals surface area contributed by atoms with Crippen LogP contribution in [0.15, 0.2) is 53.9 Å². The van der Waals surface area contributed by atoms with Crippen molar-refractivity contribution in [2.75, 3.05) is 7.11 Å². The number of carbonyl (C=O) groups is 1. The number of ether oxygens (including phenoxy) is 2. The van der Waals surface area contributed by atoms with Crippen LogP contribution in [0.2, 0.25) is 0 Å². The van der Waals surface area contributed by atoms with Gasteiger partial charge in [-0.25, -0.2) is 4.98 Å². The Bertz CT molecular complexity index is 920. The molecular weight excluding hydrogens is 372 g/mol. The van der Waals surface area contributed by atoms with Crippen molar-refractivity contribution in [1.82, 2.24) is 10.3 Å². The predicted molar refractivity (Wildman–Crippen MR) is 112 cm³/mol. The Morgan fingerprint density at radius 2 is 1.82 bits per heavy atom. The van der Waals surface area contributed by atoms with Gasteiger partial charge in [0.1, 0.15) is 16.5 Å². The van der Waals surface area contributed by atoms with Crippen LogP contribution in [-0.2, 0) is 17.9 Å². The summed E-state index contributed by atoms with van der Waals surface area (Å²) < 4.78 is 10.9. The molecule has 28 heavy (non-hydrogen) atoms. The minimum absolute atomic E-state index is 0.134. The quantitative estimate of drug-likeness (QED) is 0.601. The van der Waals surface area contributed by atoms with E-state index in [4.69, 9.17) is 9.47 Å². The number of aromatic nitrogens is 1. The predicted octanol–water partition coefficient (Wildman–Crippen LogP) is 4.67. The first-order valence-corrected chi connectivity index (χ1v) is 10.0. The summed E-state index contributed by atoms with van der Waals surface area (Å²) >= 11 is 1.45. The topological polar surface area (TPSA) is 60.5 Å². The zero-order valence-electron chi connectivity index (χ0n) is 16.3. The van der Waals surface area contributed by atoms with E-state index in [2.05, 4.69) is 10.3 Å². The average molecular weight is 397 g/mol. The second-order valence-electron chi connectivity index (χ2n) is 6.61. The molecule has 0 saturated carbocycles. The normalized spacial score (nSPS) is 10.9. The summed E-state index contributed by atoms with van der Waals surface area (Å²) in [6.45, 7) is 4.94. The number of benzene rings is 2. The molecule has 0 radical (unpaired) electrons. The summed E-state index contributed by atoms with van der Waals surface area (Å²) in [6.07, 6.45) is 0.134. The maximum absolute atomic E-state index is 12.5. The molecule has 1 amide bonds. The molecule has 0 unspecified atom stereocenters. The van der Waals surface area contributed by atoms with Crippen LogP contribution in [0.4, 0.5) is 0 Å². The fourth-order valence-electron chi connectivity index (χ4n) is 2.75. The maximum Gasteiger partial charge on any atom is 0.271 e.